The number of hydrogen-bond acceptors (Lipinski definition) is 3. The Balaban J connectivity index is 2.16. The fraction of sp³-hybridized carbons (Fsp3) is 0.316. The second kappa shape index (κ2) is 7.68. The molecule has 0 atom stereocenters. The van der Waals surface area contributed by atoms with E-state index < -0.39 is 6.09 Å². The molecule has 4 heteroatoms. The lowest BCUT2D eigenvalue weighted by atomic mass is 10.1. The van der Waals surface area contributed by atoms with Crippen LogP contribution in [0, 0.1) is 13.8 Å². The Morgan fingerprint density at radius 2 is 1.91 bits per heavy atom. The van der Waals surface area contributed by atoms with Gasteiger partial charge in [-0.3, -0.25) is 5.32 Å². The number of ether oxygens (including phenoxy) is 2. The zero-order valence-electron chi connectivity index (χ0n) is 14.1. The van der Waals surface area contributed by atoms with Gasteiger partial charge in [-0.25, -0.2) is 4.79 Å². The van der Waals surface area contributed by atoms with Crippen LogP contribution in [0.1, 0.15) is 29.2 Å². The number of carbonyl (C=O) groups is 1. The maximum Gasteiger partial charge on any atom is 0.411 e. The predicted molar refractivity (Wildman–Crippen MR) is 92.1 cm³/mol. The fourth-order valence-corrected chi connectivity index (χ4v) is 2.37. The van der Waals surface area contributed by atoms with E-state index in [1.807, 2.05) is 38.1 Å². The first-order chi connectivity index (χ1) is 11.0. The van der Waals surface area contributed by atoms with E-state index in [1.165, 1.54) is 12.7 Å². The number of carbonyl (C=O) groups excluding carboxylic acids is 1. The highest BCUT2D eigenvalue weighted by Gasteiger charge is 2.09. The third kappa shape index (κ3) is 4.49. The monoisotopic (exact) mass is 313 g/mol. The average molecular weight is 313 g/mol. The van der Waals surface area contributed by atoms with Crippen molar-refractivity contribution in [2.24, 2.45) is 0 Å². The van der Waals surface area contributed by atoms with Gasteiger partial charge in [0.2, 0.25) is 0 Å². The van der Waals surface area contributed by atoms with Crippen molar-refractivity contribution in [3.8, 4) is 5.75 Å². The molecule has 0 aromatic heterocycles. The minimum Gasteiger partial charge on any atom is -0.489 e. The van der Waals surface area contributed by atoms with Crippen molar-refractivity contribution in [3.05, 3.63) is 58.7 Å². The first-order valence-corrected chi connectivity index (χ1v) is 7.70. The Kier molecular flexibility index (Phi) is 5.63. The van der Waals surface area contributed by atoms with E-state index in [4.69, 9.17) is 4.74 Å². The molecule has 0 fully saturated rings. The summed E-state index contributed by atoms with van der Waals surface area (Å²) in [6, 6.07) is 12.0. The van der Waals surface area contributed by atoms with Gasteiger partial charge in [-0.2, -0.15) is 0 Å². The van der Waals surface area contributed by atoms with E-state index in [0.29, 0.717) is 12.3 Å². The number of methoxy groups -OCH3 is 1. The quantitative estimate of drug-likeness (QED) is 0.876. The van der Waals surface area contributed by atoms with E-state index in [2.05, 4.69) is 29.1 Å². The zero-order chi connectivity index (χ0) is 16.8. The number of hydrogen-bond donors (Lipinski definition) is 1. The van der Waals surface area contributed by atoms with Gasteiger partial charge in [0.1, 0.15) is 12.4 Å². The average Bonchev–Trinajstić information content (AvgIpc) is 2.55. The van der Waals surface area contributed by atoms with Gasteiger partial charge in [0, 0.05) is 5.56 Å². The molecule has 0 aliphatic rings. The number of nitrogens with one attached hydrogen (secondary N) is 1. The minimum absolute atomic E-state index is 0.382. The third-order valence-corrected chi connectivity index (χ3v) is 3.71. The lowest BCUT2D eigenvalue weighted by Gasteiger charge is -2.14. The van der Waals surface area contributed by atoms with Crippen molar-refractivity contribution in [3.63, 3.8) is 0 Å². The van der Waals surface area contributed by atoms with Crippen LogP contribution in [0.5, 0.6) is 5.75 Å². The van der Waals surface area contributed by atoms with Gasteiger partial charge in [-0.15, -0.1) is 0 Å². The largest absolute Gasteiger partial charge is 0.489 e. The molecule has 0 aliphatic carbocycles. The lowest BCUT2D eigenvalue weighted by molar-refractivity contribution is 0.187. The third-order valence-electron chi connectivity index (χ3n) is 3.71. The Morgan fingerprint density at radius 3 is 2.57 bits per heavy atom. The van der Waals surface area contributed by atoms with Crippen LogP contribution in [0.4, 0.5) is 10.5 Å². The molecule has 122 valence electrons. The van der Waals surface area contributed by atoms with Gasteiger partial charge in [-0.05, 0) is 43.5 Å². The molecule has 2 aromatic rings. The van der Waals surface area contributed by atoms with Gasteiger partial charge in [0.15, 0.2) is 0 Å². The van der Waals surface area contributed by atoms with Crippen molar-refractivity contribution in [1.82, 2.24) is 0 Å². The van der Waals surface area contributed by atoms with Crippen LogP contribution in [0.25, 0.3) is 0 Å². The van der Waals surface area contributed by atoms with Crippen LogP contribution in [-0.4, -0.2) is 13.2 Å². The highest BCUT2D eigenvalue weighted by Crippen LogP contribution is 2.24. The Labute approximate surface area is 137 Å². The van der Waals surface area contributed by atoms with E-state index in [1.54, 1.807) is 0 Å². The van der Waals surface area contributed by atoms with E-state index in [0.717, 1.165) is 28.9 Å². The molecular formula is C19H23NO3. The van der Waals surface area contributed by atoms with Crippen LogP contribution in [0.2, 0.25) is 0 Å². The molecule has 23 heavy (non-hydrogen) atoms. The second-order valence-electron chi connectivity index (χ2n) is 5.52. The summed E-state index contributed by atoms with van der Waals surface area (Å²) in [5.74, 6) is 0.854. The van der Waals surface area contributed by atoms with E-state index in [-0.39, 0.29) is 0 Å². The standard InChI is InChI=1S/C19H23NO3/c1-5-15-7-9-18(14(3)11-15)23-12-16-10-13(2)6-8-17(16)20-19(21)22-4/h6-11H,5,12H2,1-4H3,(H,20,21). The molecular weight excluding hydrogens is 290 g/mol. The Hall–Kier alpha value is -2.49. The number of aryl methyl sites for hydroxylation is 3. The topological polar surface area (TPSA) is 47.6 Å². The Bertz CT molecular complexity index is 695. The van der Waals surface area contributed by atoms with Crippen LogP contribution >= 0.6 is 0 Å². The molecule has 4 nitrogen and oxygen atoms in total. The number of benzene rings is 2. The van der Waals surface area contributed by atoms with Gasteiger partial charge < -0.3 is 9.47 Å². The lowest BCUT2D eigenvalue weighted by Crippen LogP contribution is -2.13. The van der Waals surface area contributed by atoms with Crippen molar-refractivity contribution in [2.75, 3.05) is 12.4 Å². The molecule has 0 bridgehead atoms. The first-order valence-electron chi connectivity index (χ1n) is 7.70. The summed E-state index contributed by atoms with van der Waals surface area (Å²) >= 11 is 0. The smallest absolute Gasteiger partial charge is 0.411 e. The van der Waals surface area contributed by atoms with Crippen molar-refractivity contribution in [2.45, 2.75) is 33.8 Å². The number of anilines is 1. The highest BCUT2D eigenvalue weighted by atomic mass is 16.5. The molecule has 0 saturated heterocycles. The summed E-state index contributed by atoms with van der Waals surface area (Å²) in [7, 11) is 1.35. The summed E-state index contributed by atoms with van der Waals surface area (Å²) in [6.45, 7) is 6.56. The Morgan fingerprint density at radius 1 is 1.13 bits per heavy atom. The summed E-state index contributed by atoms with van der Waals surface area (Å²) in [4.78, 5) is 11.4. The molecule has 1 N–H and O–H groups in total. The van der Waals surface area contributed by atoms with Crippen LogP contribution < -0.4 is 10.1 Å². The maximum absolute atomic E-state index is 11.4. The van der Waals surface area contributed by atoms with Crippen molar-refractivity contribution < 1.29 is 14.3 Å². The molecule has 0 unspecified atom stereocenters. The normalized spacial score (nSPS) is 10.3. The highest BCUT2D eigenvalue weighted by molar-refractivity contribution is 5.85. The minimum atomic E-state index is -0.487. The van der Waals surface area contributed by atoms with Crippen LogP contribution in [0.15, 0.2) is 36.4 Å². The summed E-state index contributed by atoms with van der Waals surface area (Å²) in [5.41, 5.74) is 5.12. The van der Waals surface area contributed by atoms with Gasteiger partial charge in [-0.1, -0.05) is 36.8 Å². The molecule has 0 radical (unpaired) electrons. The molecule has 0 spiro atoms. The molecule has 2 rings (SSSR count). The zero-order valence-corrected chi connectivity index (χ0v) is 14.1. The second-order valence-corrected chi connectivity index (χ2v) is 5.52. The molecule has 1 amide bonds. The van der Waals surface area contributed by atoms with Gasteiger partial charge >= 0.3 is 6.09 Å². The molecule has 0 heterocycles. The van der Waals surface area contributed by atoms with Crippen molar-refractivity contribution >= 4 is 11.8 Å². The summed E-state index contributed by atoms with van der Waals surface area (Å²) < 4.78 is 10.6. The fourth-order valence-electron chi connectivity index (χ4n) is 2.37. The maximum atomic E-state index is 11.4. The van der Waals surface area contributed by atoms with Crippen LogP contribution in [-0.2, 0) is 17.8 Å². The summed E-state index contributed by atoms with van der Waals surface area (Å²) in [5, 5.41) is 2.72. The van der Waals surface area contributed by atoms with Crippen molar-refractivity contribution in [1.29, 1.82) is 0 Å². The van der Waals surface area contributed by atoms with E-state index in [9.17, 15) is 4.79 Å². The molecule has 2 aromatic carbocycles. The predicted octanol–water partition coefficient (Wildman–Crippen LogP) is 4.62. The first kappa shape index (κ1) is 16.9. The molecule has 0 aliphatic heterocycles. The van der Waals surface area contributed by atoms with Crippen LogP contribution in [0.3, 0.4) is 0 Å². The van der Waals surface area contributed by atoms with Gasteiger partial charge in [0.25, 0.3) is 0 Å². The molecule has 0 saturated carbocycles. The SMILES string of the molecule is CCc1ccc(OCc2cc(C)ccc2NC(=O)OC)c(C)c1. The van der Waals surface area contributed by atoms with Gasteiger partial charge in [0.05, 0.1) is 12.8 Å². The van der Waals surface area contributed by atoms with E-state index >= 15 is 0 Å². The number of amides is 1. The number of rotatable bonds is 5. The summed E-state index contributed by atoms with van der Waals surface area (Å²) in [6.07, 6.45) is 0.519.